The normalized spacial score (nSPS) is 27.8. The van der Waals surface area contributed by atoms with Crippen LogP contribution in [-0.2, 0) is 10.0 Å². The third-order valence-electron chi connectivity index (χ3n) is 2.46. The molecule has 1 unspecified atom stereocenters. The summed E-state index contributed by atoms with van der Waals surface area (Å²) in [6.45, 7) is 4.31. The molecule has 1 rings (SSSR count). The lowest BCUT2D eigenvalue weighted by molar-refractivity contribution is 0.372. The van der Waals surface area contributed by atoms with Gasteiger partial charge in [0.05, 0.1) is 0 Å². The predicted octanol–water partition coefficient (Wildman–Crippen LogP) is 1.68. The van der Waals surface area contributed by atoms with Crippen molar-refractivity contribution in [3.63, 3.8) is 0 Å². The minimum atomic E-state index is -3.24. The van der Waals surface area contributed by atoms with Gasteiger partial charge in [0, 0.05) is 6.04 Å². The number of halogens is 1. The van der Waals surface area contributed by atoms with Gasteiger partial charge in [-0.1, -0.05) is 13.8 Å². The van der Waals surface area contributed by atoms with Crippen molar-refractivity contribution in [2.45, 2.75) is 39.2 Å². The lowest BCUT2D eigenvalue weighted by atomic mass is 9.92. The average Bonchev–Trinajstić information content (AvgIpc) is 2.29. The Bertz CT molecular complexity index is 274. The highest BCUT2D eigenvalue weighted by Gasteiger charge is 2.32. The van der Waals surface area contributed by atoms with Crippen molar-refractivity contribution < 1.29 is 8.42 Å². The molecule has 0 aromatic heterocycles. The van der Waals surface area contributed by atoms with Gasteiger partial charge in [0.25, 0.3) is 0 Å². The van der Waals surface area contributed by atoms with Crippen LogP contribution in [0.3, 0.4) is 0 Å². The molecule has 1 fully saturated rings. The number of rotatable bonds is 3. The highest BCUT2D eigenvalue weighted by Crippen LogP contribution is 2.37. The molecule has 1 saturated carbocycles. The first-order valence-electron chi connectivity index (χ1n) is 4.41. The summed E-state index contributed by atoms with van der Waals surface area (Å²) in [5, 5.41) is -0.343. The van der Waals surface area contributed by atoms with Crippen LogP contribution in [0.25, 0.3) is 0 Å². The van der Waals surface area contributed by atoms with Crippen LogP contribution in [0.5, 0.6) is 0 Å². The van der Waals surface area contributed by atoms with Crippen molar-refractivity contribution in [3.05, 3.63) is 0 Å². The molecule has 5 heteroatoms. The van der Waals surface area contributed by atoms with E-state index in [0.29, 0.717) is 0 Å². The average molecular weight is 226 g/mol. The Morgan fingerprint density at radius 2 is 2.15 bits per heavy atom. The molecule has 0 aromatic carbocycles. The Balaban J connectivity index is 2.50. The van der Waals surface area contributed by atoms with E-state index in [1.807, 2.05) is 0 Å². The van der Waals surface area contributed by atoms with Gasteiger partial charge < -0.3 is 0 Å². The Labute approximate surface area is 84.9 Å². The summed E-state index contributed by atoms with van der Waals surface area (Å²) in [4.78, 5) is 0. The molecule has 0 amide bonds. The molecule has 1 aliphatic rings. The minimum Gasteiger partial charge on any atom is -0.211 e. The van der Waals surface area contributed by atoms with Crippen LogP contribution in [0.15, 0.2) is 0 Å². The molecule has 1 N–H and O–H groups in total. The number of sulfonamides is 1. The highest BCUT2D eigenvalue weighted by atomic mass is 35.5. The molecule has 1 atom stereocenters. The SMILES string of the molecule is CC1(C)CCC(NS(=O)(=O)CCl)C1. The van der Waals surface area contributed by atoms with E-state index in [2.05, 4.69) is 18.6 Å². The van der Waals surface area contributed by atoms with Gasteiger partial charge in [-0.25, -0.2) is 13.1 Å². The van der Waals surface area contributed by atoms with E-state index in [1.165, 1.54) is 0 Å². The summed E-state index contributed by atoms with van der Waals surface area (Å²) in [6.07, 6.45) is 2.90. The fourth-order valence-electron chi connectivity index (χ4n) is 1.82. The molecule has 3 nitrogen and oxygen atoms in total. The third-order valence-corrected chi connectivity index (χ3v) is 4.30. The molecule has 1 aliphatic carbocycles. The van der Waals surface area contributed by atoms with E-state index >= 15 is 0 Å². The second kappa shape index (κ2) is 3.75. The summed E-state index contributed by atoms with van der Waals surface area (Å²) in [6, 6.07) is 0.0822. The van der Waals surface area contributed by atoms with Gasteiger partial charge >= 0.3 is 0 Å². The van der Waals surface area contributed by atoms with Gasteiger partial charge in [0.2, 0.25) is 10.0 Å². The summed E-state index contributed by atoms with van der Waals surface area (Å²) in [5.74, 6) is 0. The molecule has 0 saturated heterocycles. The molecule has 0 spiro atoms. The molecule has 0 bridgehead atoms. The van der Waals surface area contributed by atoms with Crippen molar-refractivity contribution in [1.82, 2.24) is 4.72 Å². The fraction of sp³-hybridized carbons (Fsp3) is 1.00. The van der Waals surface area contributed by atoms with Crippen molar-refractivity contribution in [2.75, 3.05) is 5.21 Å². The van der Waals surface area contributed by atoms with E-state index in [-0.39, 0.29) is 16.7 Å². The number of hydrogen-bond acceptors (Lipinski definition) is 2. The third kappa shape index (κ3) is 3.44. The lowest BCUT2D eigenvalue weighted by Crippen LogP contribution is -2.34. The number of alkyl halides is 1. The van der Waals surface area contributed by atoms with E-state index in [0.717, 1.165) is 19.3 Å². The Morgan fingerprint density at radius 1 is 1.54 bits per heavy atom. The van der Waals surface area contributed by atoms with Crippen LogP contribution in [0, 0.1) is 5.41 Å². The standard InChI is InChI=1S/C8H16ClNO2S/c1-8(2)4-3-7(5-8)10-13(11,12)6-9/h7,10H,3-6H2,1-2H3. The molecular formula is C8H16ClNO2S. The van der Waals surface area contributed by atoms with E-state index in [9.17, 15) is 8.42 Å². The molecule has 0 heterocycles. The van der Waals surface area contributed by atoms with Crippen molar-refractivity contribution in [1.29, 1.82) is 0 Å². The summed E-state index contributed by atoms with van der Waals surface area (Å²) >= 11 is 5.29. The van der Waals surface area contributed by atoms with Crippen LogP contribution in [0.2, 0.25) is 0 Å². The van der Waals surface area contributed by atoms with E-state index in [1.54, 1.807) is 0 Å². The van der Waals surface area contributed by atoms with Crippen LogP contribution < -0.4 is 4.72 Å². The van der Waals surface area contributed by atoms with Crippen molar-refractivity contribution in [3.8, 4) is 0 Å². The van der Waals surface area contributed by atoms with Crippen molar-refractivity contribution >= 4 is 21.6 Å². The Kier molecular flexibility index (Phi) is 3.25. The van der Waals surface area contributed by atoms with E-state index < -0.39 is 10.0 Å². The van der Waals surface area contributed by atoms with Gasteiger partial charge in [0.1, 0.15) is 5.21 Å². The fourth-order valence-corrected chi connectivity index (χ4v) is 2.78. The first-order valence-corrected chi connectivity index (χ1v) is 6.59. The maximum absolute atomic E-state index is 11.1. The van der Waals surface area contributed by atoms with Crippen LogP contribution >= 0.6 is 11.6 Å². The first-order chi connectivity index (χ1) is 5.85. The number of nitrogens with one attached hydrogen (secondary N) is 1. The zero-order valence-corrected chi connectivity index (χ0v) is 9.58. The first kappa shape index (κ1) is 11.3. The van der Waals surface area contributed by atoms with Gasteiger partial charge in [-0.05, 0) is 24.7 Å². The summed E-state index contributed by atoms with van der Waals surface area (Å²) in [5.41, 5.74) is 0.263. The maximum atomic E-state index is 11.1. The minimum absolute atomic E-state index is 0.0822. The van der Waals surface area contributed by atoms with Gasteiger partial charge in [0.15, 0.2) is 0 Å². The van der Waals surface area contributed by atoms with Crippen LogP contribution in [-0.4, -0.2) is 19.7 Å². The Hall–Kier alpha value is 0.200. The second-order valence-corrected chi connectivity index (χ2v) is 6.78. The quantitative estimate of drug-likeness (QED) is 0.743. The lowest BCUT2D eigenvalue weighted by Gasteiger charge is -2.17. The molecule has 0 radical (unpaired) electrons. The van der Waals surface area contributed by atoms with Gasteiger partial charge in [-0.3, -0.25) is 0 Å². The largest absolute Gasteiger partial charge is 0.225 e. The number of hydrogen-bond donors (Lipinski definition) is 1. The topological polar surface area (TPSA) is 46.2 Å². The van der Waals surface area contributed by atoms with Gasteiger partial charge in [-0.2, -0.15) is 0 Å². The van der Waals surface area contributed by atoms with Crippen LogP contribution in [0.1, 0.15) is 33.1 Å². The molecular weight excluding hydrogens is 210 g/mol. The zero-order valence-electron chi connectivity index (χ0n) is 8.01. The summed E-state index contributed by atoms with van der Waals surface area (Å²) in [7, 11) is -3.24. The maximum Gasteiger partial charge on any atom is 0.225 e. The van der Waals surface area contributed by atoms with Gasteiger partial charge in [-0.15, -0.1) is 11.6 Å². The van der Waals surface area contributed by atoms with Crippen molar-refractivity contribution in [2.24, 2.45) is 5.41 Å². The molecule has 0 aromatic rings. The molecule has 13 heavy (non-hydrogen) atoms. The smallest absolute Gasteiger partial charge is 0.211 e. The monoisotopic (exact) mass is 225 g/mol. The highest BCUT2D eigenvalue weighted by molar-refractivity contribution is 7.90. The molecule has 0 aliphatic heterocycles. The van der Waals surface area contributed by atoms with Crippen LogP contribution in [0.4, 0.5) is 0 Å². The summed E-state index contributed by atoms with van der Waals surface area (Å²) < 4.78 is 24.8. The second-order valence-electron chi connectivity index (χ2n) is 4.45. The van der Waals surface area contributed by atoms with E-state index in [4.69, 9.17) is 11.6 Å². The molecule has 78 valence electrons. The Morgan fingerprint density at radius 3 is 2.54 bits per heavy atom. The predicted molar refractivity (Wildman–Crippen MR) is 54.2 cm³/mol. The zero-order chi connectivity index (χ0) is 10.1.